The molecule has 1 rings (SSSR count). The molecule has 0 radical (unpaired) electrons. The van der Waals surface area contributed by atoms with E-state index in [9.17, 15) is 10.2 Å². The normalized spacial score (nSPS) is 39.0. The lowest BCUT2D eigenvalue weighted by molar-refractivity contribution is -0.0103. The zero-order valence-corrected chi connectivity index (χ0v) is 9.78. The number of rotatable bonds is 3. The van der Waals surface area contributed by atoms with Gasteiger partial charge in [-0.15, -0.1) is 0 Å². The summed E-state index contributed by atoms with van der Waals surface area (Å²) in [5.41, 5.74) is 0. The van der Waals surface area contributed by atoms with Gasteiger partial charge in [-0.2, -0.15) is 9.42 Å². The standard InChI is InChI=1S/C6H12Cl2O5P/c1-3-5(9)6(10)4(13-3)2-12-14(7,8)11/h3-6,9-11H,2H2,1H3/q+1/t3?,4-,5+,6-/m1/s1. The molecule has 4 atom stereocenters. The largest absolute Gasteiger partial charge is 0.475 e. The van der Waals surface area contributed by atoms with Crippen LogP contribution in [-0.2, 0) is 9.26 Å². The Labute approximate surface area is 91.6 Å². The highest BCUT2D eigenvalue weighted by molar-refractivity contribution is 8.10. The monoisotopic (exact) mass is 265 g/mol. The molecule has 1 fully saturated rings. The van der Waals surface area contributed by atoms with Gasteiger partial charge < -0.3 is 14.9 Å². The molecule has 8 heteroatoms. The van der Waals surface area contributed by atoms with E-state index in [1.165, 1.54) is 0 Å². The molecule has 14 heavy (non-hydrogen) atoms. The first kappa shape index (κ1) is 12.9. The first-order chi connectivity index (χ1) is 6.31. The minimum atomic E-state index is -3.36. The van der Waals surface area contributed by atoms with Crippen LogP contribution in [-0.4, -0.2) is 46.1 Å². The van der Waals surface area contributed by atoms with Crippen molar-refractivity contribution in [1.82, 2.24) is 0 Å². The van der Waals surface area contributed by atoms with Crippen molar-refractivity contribution in [2.75, 3.05) is 6.61 Å². The molecule has 0 aromatic carbocycles. The molecule has 84 valence electrons. The molecule has 0 saturated carbocycles. The summed E-state index contributed by atoms with van der Waals surface area (Å²) in [6, 6.07) is 0. The van der Waals surface area contributed by atoms with Gasteiger partial charge in [0, 0.05) is 0 Å². The van der Waals surface area contributed by atoms with E-state index >= 15 is 0 Å². The first-order valence-electron chi connectivity index (χ1n) is 3.98. The summed E-state index contributed by atoms with van der Waals surface area (Å²) in [6.45, 7) is 1.47. The van der Waals surface area contributed by atoms with Gasteiger partial charge in [0.2, 0.25) is 0 Å². The van der Waals surface area contributed by atoms with Crippen LogP contribution in [0.2, 0.25) is 0 Å². The summed E-state index contributed by atoms with van der Waals surface area (Å²) < 4.78 is 9.83. The highest BCUT2D eigenvalue weighted by atomic mass is 35.9. The Kier molecular flexibility index (Phi) is 4.38. The third-order valence-electron chi connectivity index (χ3n) is 2.00. The van der Waals surface area contributed by atoms with E-state index in [2.05, 4.69) is 4.52 Å². The van der Waals surface area contributed by atoms with Crippen LogP contribution in [0.1, 0.15) is 6.92 Å². The zero-order valence-electron chi connectivity index (χ0n) is 7.38. The lowest BCUT2D eigenvalue weighted by atomic mass is 10.1. The number of hydrogen-bond acceptors (Lipinski definition) is 5. The van der Waals surface area contributed by atoms with Crippen LogP contribution in [0.3, 0.4) is 0 Å². The van der Waals surface area contributed by atoms with E-state index < -0.39 is 30.8 Å². The number of hydrogen-bond donors (Lipinski definition) is 3. The quantitative estimate of drug-likeness (QED) is 0.654. The van der Waals surface area contributed by atoms with Crippen molar-refractivity contribution in [3.63, 3.8) is 0 Å². The molecule has 1 aliphatic rings. The minimum Gasteiger partial charge on any atom is -0.388 e. The molecular formula is C6H12Cl2O5P+. The Morgan fingerprint density at radius 2 is 1.93 bits per heavy atom. The summed E-state index contributed by atoms with van der Waals surface area (Å²) in [4.78, 5) is 8.92. The van der Waals surface area contributed by atoms with Gasteiger partial charge in [-0.05, 0) is 6.92 Å². The fourth-order valence-electron chi connectivity index (χ4n) is 1.24. The van der Waals surface area contributed by atoms with Crippen LogP contribution in [0.5, 0.6) is 0 Å². The summed E-state index contributed by atoms with van der Waals surface area (Å²) in [5, 5.41) is 18.7. The van der Waals surface area contributed by atoms with Gasteiger partial charge >= 0.3 is 6.42 Å². The van der Waals surface area contributed by atoms with E-state index in [1.54, 1.807) is 6.92 Å². The second-order valence-electron chi connectivity index (χ2n) is 3.09. The SMILES string of the molecule is CC1O[C@H](CO[P+](O)(Cl)Cl)[C@@H](O)[C@H]1O. The number of aliphatic hydroxyl groups is 2. The van der Waals surface area contributed by atoms with Crippen molar-refractivity contribution in [1.29, 1.82) is 0 Å². The third-order valence-corrected chi connectivity index (χ3v) is 3.04. The highest BCUT2D eigenvalue weighted by Crippen LogP contribution is 2.66. The molecule has 0 amide bonds. The predicted molar refractivity (Wildman–Crippen MR) is 53.1 cm³/mol. The molecule has 1 heterocycles. The van der Waals surface area contributed by atoms with Crippen LogP contribution < -0.4 is 0 Å². The molecule has 0 aromatic rings. The smallest absolute Gasteiger partial charge is 0.388 e. The van der Waals surface area contributed by atoms with E-state index in [-0.39, 0.29) is 6.61 Å². The molecule has 3 N–H and O–H groups in total. The fraction of sp³-hybridized carbons (Fsp3) is 1.00. The van der Waals surface area contributed by atoms with Crippen molar-refractivity contribution >= 4 is 28.9 Å². The van der Waals surface area contributed by atoms with Crippen LogP contribution in [0.15, 0.2) is 0 Å². The minimum absolute atomic E-state index is 0.153. The third kappa shape index (κ3) is 3.43. The first-order valence-corrected chi connectivity index (χ1v) is 7.45. The van der Waals surface area contributed by atoms with Crippen molar-refractivity contribution in [3.8, 4) is 0 Å². The Morgan fingerprint density at radius 1 is 1.36 bits per heavy atom. The topological polar surface area (TPSA) is 79.2 Å². The fourth-order valence-corrected chi connectivity index (χ4v) is 1.90. The molecule has 5 nitrogen and oxygen atoms in total. The van der Waals surface area contributed by atoms with Gasteiger partial charge in [-0.1, -0.05) is 0 Å². The van der Waals surface area contributed by atoms with Crippen LogP contribution >= 0.6 is 28.9 Å². The Bertz CT molecular complexity index is 199. The number of aliphatic hydroxyl groups excluding tert-OH is 2. The van der Waals surface area contributed by atoms with Crippen molar-refractivity contribution < 1.29 is 24.4 Å². The number of halogens is 2. The molecule has 0 aromatic heterocycles. The van der Waals surface area contributed by atoms with Crippen LogP contribution in [0.4, 0.5) is 0 Å². The predicted octanol–water partition coefficient (Wildman–Crippen LogP) is 0.660. The summed E-state index contributed by atoms with van der Waals surface area (Å²) >= 11 is 10.5. The van der Waals surface area contributed by atoms with Gasteiger partial charge in [0.25, 0.3) is 0 Å². The second kappa shape index (κ2) is 4.76. The van der Waals surface area contributed by atoms with Crippen molar-refractivity contribution in [3.05, 3.63) is 0 Å². The lowest BCUT2D eigenvalue weighted by Crippen LogP contribution is -2.33. The maximum absolute atomic E-state index is 9.41. The Morgan fingerprint density at radius 3 is 2.29 bits per heavy atom. The van der Waals surface area contributed by atoms with E-state index in [0.717, 1.165) is 0 Å². The molecule has 1 unspecified atom stereocenters. The summed E-state index contributed by atoms with van der Waals surface area (Å²) in [5.74, 6) is 0. The lowest BCUT2D eigenvalue weighted by Gasteiger charge is -2.13. The Balaban J connectivity index is 2.40. The molecule has 0 aliphatic carbocycles. The van der Waals surface area contributed by atoms with Gasteiger partial charge in [0.05, 0.1) is 6.10 Å². The zero-order chi connectivity index (χ0) is 10.9. The second-order valence-corrected chi connectivity index (χ2v) is 7.49. The van der Waals surface area contributed by atoms with Gasteiger partial charge in [-0.25, -0.2) is 0 Å². The highest BCUT2D eigenvalue weighted by Gasteiger charge is 2.44. The van der Waals surface area contributed by atoms with Crippen molar-refractivity contribution in [2.24, 2.45) is 0 Å². The summed E-state index contributed by atoms with van der Waals surface area (Å²) in [7, 11) is 0. The average molecular weight is 266 g/mol. The maximum atomic E-state index is 9.41. The molecule has 0 bridgehead atoms. The van der Waals surface area contributed by atoms with Gasteiger partial charge in [-0.3, -0.25) is 0 Å². The maximum Gasteiger partial charge on any atom is 0.475 e. The van der Waals surface area contributed by atoms with E-state index in [1.807, 2.05) is 0 Å². The average Bonchev–Trinajstić information content (AvgIpc) is 2.28. The molecule has 1 saturated heterocycles. The summed E-state index contributed by atoms with van der Waals surface area (Å²) in [6.07, 6.45) is -6.57. The van der Waals surface area contributed by atoms with Gasteiger partial charge in [0.15, 0.2) is 22.5 Å². The van der Waals surface area contributed by atoms with Crippen LogP contribution in [0.25, 0.3) is 0 Å². The van der Waals surface area contributed by atoms with E-state index in [4.69, 9.17) is 32.1 Å². The van der Waals surface area contributed by atoms with Crippen molar-refractivity contribution in [2.45, 2.75) is 31.3 Å². The number of ether oxygens (including phenoxy) is 1. The van der Waals surface area contributed by atoms with E-state index in [0.29, 0.717) is 0 Å². The Hall–Kier alpha value is 0.810. The van der Waals surface area contributed by atoms with Crippen LogP contribution in [0, 0.1) is 0 Å². The van der Waals surface area contributed by atoms with Gasteiger partial charge in [0.1, 0.15) is 24.9 Å². The molecular weight excluding hydrogens is 254 g/mol. The molecule has 1 aliphatic heterocycles. The molecule has 0 spiro atoms.